The second kappa shape index (κ2) is 14.2. The molecule has 0 aliphatic heterocycles. The maximum absolute atomic E-state index is 9.84. The van der Waals surface area contributed by atoms with Gasteiger partial charge >= 0.3 is 0 Å². The first-order valence-electron chi connectivity index (χ1n) is 15.8. The minimum Gasteiger partial charge on any atom is -0.398 e. The molecule has 4 heteroatoms. The van der Waals surface area contributed by atoms with Crippen LogP contribution in [0.3, 0.4) is 0 Å². The van der Waals surface area contributed by atoms with Crippen LogP contribution in [0.4, 0.5) is 5.69 Å². The largest absolute Gasteiger partial charge is 0.398 e. The first-order valence-corrected chi connectivity index (χ1v) is 15.8. The molecule has 0 bridgehead atoms. The lowest BCUT2D eigenvalue weighted by Gasteiger charge is -2.39. The monoisotopic (exact) mass is 588 g/mol. The lowest BCUT2D eigenvalue weighted by molar-refractivity contribution is 0.112. The van der Waals surface area contributed by atoms with Crippen molar-refractivity contribution in [3.63, 3.8) is 0 Å². The van der Waals surface area contributed by atoms with Crippen molar-refractivity contribution in [3.8, 4) is 6.07 Å². The van der Waals surface area contributed by atoms with Gasteiger partial charge < -0.3 is 5.73 Å². The zero-order valence-electron chi connectivity index (χ0n) is 28.7. The molecular weight excluding hydrogens is 536 g/mol. The Hall–Kier alpha value is -3.97. The number of anilines is 1. The molecule has 3 aromatic rings. The van der Waals surface area contributed by atoms with E-state index in [1.54, 1.807) is 0 Å². The van der Waals surface area contributed by atoms with Gasteiger partial charge in [-0.3, -0.25) is 0 Å². The van der Waals surface area contributed by atoms with Crippen LogP contribution in [0.5, 0.6) is 0 Å². The van der Waals surface area contributed by atoms with Crippen molar-refractivity contribution in [1.29, 1.82) is 5.26 Å². The summed E-state index contributed by atoms with van der Waals surface area (Å²) in [7, 11) is 0. The van der Waals surface area contributed by atoms with Crippen molar-refractivity contribution in [2.75, 3.05) is 5.73 Å². The van der Waals surface area contributed by atoms with Crippen LogP contribution in [0.2, 0.25) is 0 Å². The zero-order valence-corrected chi connectivity index (χ0v) is 28.7. The average molecular weight is 589 g/mol. The van der Waals surface area contributed by atoms with Crippen LogP contribution < -0.4 is 5.73 Å². The SMILES string of the molecule is C=C(N=C(N=C(C)c1ccc(CCC(C#N)CCC(C)(C)C(C)(C)C)cc1N)c1ccc(C)cc1C)c1ccc(C)cc1C. The van der Waals surface area contributed by atoms with Crippen molar-refractivity contribution in [2.24, 2.45) is 26.7 Å². The highest BCUT2D eigenvalue weighted by atomic mass is 14.9. The highest BCUT2D eigenvalue weighted by Crippen LogP contribution is 2.42. The number of nitriles is 1. The fourth-order valence-electron chi connectivity index (χ4n) is 5.38. The highest BCUT2D eigenvalue weighted by molar-refractivity contribution is 6.14. The summed E-state index contributed by atoms with van der Waals surface area (Å²) in [6, 6.07) is 21.4. The molecule has 232 valence electrons. The maximum Gasteiger partial charge on any atom is 0.160 e. The summed E-state index contributed by atoms with van der Waals surface area (Å²) in [4.78, 5) is 10.0. The molecule has 0 heterocycles. The summed E-state index contributed by atoms with van der Waals surface area (Å²) in [5, 5.41) is 9.84. The molecule has 0 aromatic heterocycles. The Bertz CT molecular complexity index is 1610. The number of benzene rings is 3. The standard InChI is InChI=1S/C40H52N4/c1-26-12-17-34(28(3)22-26)30(5)43-38(35-18-13-27(2)23-29(35)4)44-31(6)36-19-16-32(24-37(36)42)14-15-33(25-41)20-21-40(10,11)39(7,8)9/h12-13,16-19,22-24,33H,5,14-15,20-21,42H2,1-4,6-11H3. The van der Waals surface area contributed by atoms with E-state index in [4.69, 9.17) is 15.7 Å². The highest BCUT2D eigenvalue weighted by Gasteiger charge is 2.32. The lowest BCUT2D eigenvalue weighted by Crippen LogP contribution is -2.30. The summed E-state index contributed by atoms with van der Waals surface area (Å²) in [5.41, 5.74) is 17.8. The Morgan fingerprint density at radius 2 is 1.39 bits per heavy atom. The minimum absolute atomic E-state index is 0.0302. The Balaban J connectivity index is 1.87. The van der Waals surface area contributed by atoms with Crippen molar-refractivity contribution >= 4 is 22.9 Å². The van der Waals surface area contributed by atoms with Gasteiger partial charge in [0.05, 0.1) is 11.8 Å². The summed E-state index contributed by atoms with van der Waals surface area (Å²) in [5.74, 6) is 0.645. The van der Waals surface area contributed by atoms with Gasteiger partial charge in [0.1, 0.15) is 0 Å². The first kappa shape index (κ1) is 34.5. The number of aliphatic imine (C=N–C) groups is 2. The molecule has 44 heavy (non-hydrogen) atoms. The van der Waals surface area contributed by atoms with Crippen LogP contribution in [-0.4, -0.2) is 11.5 Å². The Kier molecular flexibility index (Phi) is 11.1. The second-order valence-electron chi connectivity index (χ2n) is 14.2. The van der Waals surface area contributed by atoms with Crippen molar-refractivity contribution in [1.82, 2.24) is 0 Å². The molecule has 3 rings (SSSR count). The van der Waals surface area contributed by atoms with E-state index in [0.717, 1.165) is 64.8 Å². The van der Waals surface area contributed by atoms with Crippen molar-refractivity contribution in [2.45, 2.75) is 94.9 Å². The summed E-state index contributed by atoms with van der Waals surface area (Å²) in [6.45, 7) is 26.1. The van der Waals surface area contributed by atoms with Gasteiger partial charge in [-0.05, 0) is 93.9 Å². The fourth-order valence-corrected chi connectivity index (χ4v) is 5.38. The van der Waals surface area contributed by atoms with Gasteiger partial charge in [-0.15, -0.1) is 0 Å². The van der Waals surface area contributed by atoms with Gasteiger partial charge in [-0.25, -0.2) is 9.98 Å². The molecule has 0 amide bonds. The van der Waals surface area contributed by atoms with E-state index >= 15 is 0 Å². The number of amidine groups is 1. The molecule has 0 saturated heterocycles. The van der Waals surface area contributed by atoms with E-state index in [1.165, 1.54) is 11.1 Å². The molecule has 0 spiro atoms. The molecule has 0 fully saturated rings. The average Bonchev–Trinajstić information content (AvgIpc) is 2.92. The number of nitrogens with zero attached hydrogens (tertiary/aromatic N) is 3. The van der Waals surface area contributed by atoms with E-state index in [0.29, 0.717) is 17.2 Å². The second-order valence-corrected chi connectivity index (χ2v) is 14.2. The molecule has 1 atom stereocenters. The Morgan fingerprint density at radius 1 is 0.818 bits per heavy atom. The summed E-state index contributed by atoms with van der Waals surface area (Å²) in [6.07, 6.45) is 3.59. The third-order valence-electron chi connectivity index (χ3n) is 9.45. The van der Waals surface area contributed by atoms with E-state index in [-0.39, 0.29) is 16.7 Å². The molecular formula is C40H52N4. The van der Waals surface area contributed by atoms with Gasteiger partial charge in [-0.1, -0.05) is 101 Å². The van der Waals surface area contributed by atoms with Crippen LogP contribution in [0.25, 0.3) is 5.70 Å². The summed E-state index contributed by atoms with van der Waals surface area (Å²) < 4.78 is 0. The van der Waals surface area contributed by atoms with Gasteiger partial charge in [0.2, 0.25) is 0 Å². The van der Waals surface area contributed by atoms with Crippen LogP contribution in [0.1, 0.15) is 105 Å². The zero-order chi connectivity index (χ0) is 32.8. The molecule has 0 saturated carbocycles. The normalized spacial score (nSPS) is 13.5. The van der Waals surface area contributed by atoms with Crippen LogP contribution >= 0.6 is 0 Å². The number of hydrogen-bond acceptors (Lipinski definition) is 3. The first-order chi connectivity index (χ1) is 20.5. The number of nitrogen functional groups attached to an aromatic ring is 1. The third-order valence-corrected chi connectivity index (χ3v) is 9.45. The van der Waals surface area contributed by atoms with Gasteiger partial charge in [0, 0.05) is 34.0 Å². The predicted octanol–water partition coefficient (Wildman–Crippen LogP) is 10.4. The number of hydrogen-bond donors (Lipinski definition) is 1. The topological polar surface area (TPSA) is 74.5 Å². The smallest absolute Gasteiger partial charge is 0.160 e. The molecule has 0 aliphatic rings. The van der Waals surface area contributed by atoms with Crippen molar-refractivity contribution < 1.29 is 0 Å². The third kappa shape index (κ3) is 8.79. The number of nitrogens with two attached hydrogens (primary N) is 1. The van der Waals surface area contributed by atoms with Gasteiger partial charge in [0.25, 0.3) is 0 Å². The number of rotatable bonds is 10. The molecule has 0 radical (unpaired) electrons. The lowest BCUT2D eigenvalue weighted by atomic mass is 9.66. The molecule has 0 aliphatic carbocycles. The van der Waals surface area contributed by atoms with Crippen molar-refractivity contribution in [3.05, 3.63) is 106 Å². The van der Waals surface area contributed by atoms with Gasteiger partial charge in [-0.2, -0.15) is 5.26 Å². The predicted molar refractivity (Wildman–Crippen MR) is 190 cm³/mol. The molecule has 3 aromatic carbocycles. The quantitative estimate of drug-likeness (QED) is 0.145. The fraction of sp³-hybridized carbons (Fsp3) is 0.425. The van der Waals surface area contributed by atoms with E-state index < -0.39 is 0 Å². The van der Waals surface area contributed by atoms with Gasteiger partial charge in [0.15, 0.2) is 5.84 Å². The van der Waals surface area contributed by atoms with Crippen LogP contribution in [-0.2, 0) is 6.42 Å². The Morgan fingerprint density at radius 3 is 1.91 bits per heavy atom. The maximum atomic E-state index is 9.84. The van der Waals surface area contributed by atoms with E-state index in [2.05, 4.69) is 117 Å². The van der Waals surface area contributed by atoms with E-state index in [1.807, 2.05) is 19.1 Å². The molecule has 1 unspecified atom stereocenters. The summed E-state index contributed by atoms with van der Waals surface area (Å²) >= 11 is 0. The Labute approximate surface area is 266 Å². The number of aryl methyl sites for hydroxylation is 5. The minimum atomic E-state index is 0.0302. The molecule has 4 nitrogen and oxygen atoms in total. The molecule has 2 N–H and O–H groups in total. The van der Waals surface area contributed by atoms with Crippen LogP contribution in [0.15, 0.2) is 71.2 Å². The van der Waals surface area contributed by atoms with Crippen LogP contribution in [0, 0.1) is 55.8 Å². The van der Waals surface area contributed by atoms with E-state index in [9.17, 15) is 5.26 Å².